The quantitative estimate of drug-likeness (QED) is 0.463. The van der Waals surface area contributed by atoms with Gasteiger partial charge in [-0.2, -0.15) is 0 Å². The Morgan fingerprint density at radius 1 is 1.16 bits per heavy atom. The fourth-order valence-electron chi connectivity index (χ4n) is 3.34. The molecule has 0 spiro atoms. The Balaban J connectivity index is 1.63. The zero-order chi connectivity index (χ0) is 22.0. The van der Waals surface area contributed by atoms with Crippen LogP contribution in [-0.2, 0) is 4.79 Å². The number of hydrogen-bond donors (Lipinski definition) is 1. The molecule has 0 saturated carbocycles. The third kappa shape index (κ3) is 4.22. The van der Waals surface area contributed by atoms with Crippen LogP contribution in [0, 0.1) is 6.92 Å². The van der Waals surface area contributed by atoms with Crippen LogP contribution in [0.3, 0.4) is 0 Å². The number of hydrogen-bond acceptors (Lipinski definition) is 5. The van der Waals surface area contributed by atoms with Crippen LogP contribution in [0.2, 0.25) is 0 Å². The van der Waals surface area contributed by atoms with Gasteiger partial charge in [-0.1, -0.05) is 29.8 Å². The van der Waals surface area contributed by atoms with Crippen LogP contribution >= 0.6 is 11.3 Å². The number of anilines is 1. The SMILES string of the molecule is CCOc1ccc(NC(=O)C(C)n2cnc3scc(-c4ccc(C)cc4)c3c2=O)cc1. The first-order chi connectivity index (χ1) is 15.0. The van der Waals surface area contributed by atoms with Gasteiger partial charge in [-0.05, 0) is 50.6 Å². The Morgan fingerprint density at radius 3 is 2.55 bits per heavy atom. The van der Waals surface area contributed by atoms with Crippen molar-refractivity contribution >= 4 is 33.1 Å². The molecule has 7 heteroatoms. The summed E-state index contributed by atoms with van der Waals surface area (Å²) in [5.74, 6) is 0.444. The second-order valence-corrected chi connectivity index (χ2v) is 8.13. The monoisotopic (exact) mass is 433 g/mol. The van der Waals surface area contributed by atoms with Gasteiger partial charge in [0.25, 0.3) is 5.56 Å². The molecule has 158 valence electrons. The smallest absolute Gasteiger partial charge is 0.263 e. The summed E-state index contributed by atoms with van der Waals surface area (Å²) in [5.41, 5.74) is 3.36. The highest BCUT2D eigenvalue weighted by Gasteiger charge is 2.20. The van der Waals surface area contributed by atoms with Gasteiger partial charge in [0.05, 0.1) is 18.3 Å². The fourth-order valence-corrected chi connectivity index (χ4v) is 4.25. The Kier molecular flexibility index (Phi) is 5.86. The summed E-state index contributed by atoms with van der Waals surface area (Å²) >= 11 is 1.43. The van der Waals surface area contributed by atoms with Crippen molar-refractivity contribution in [1.29, 1.82) is 0 Å². The molecule has 1 amide bonds. The number of nitrogens with zero attached hydrogens (tertiary/aromatic N) is 2. The van der Waals surface area contributed by atoms with E-state index in [1.807, 2.05) is 43.5 Å². The number of ether oxygens (including phenoxy) is 1. The maximum absolute atomic E-state index is 13.3. The molecule has 0 aliphatic heterocycles. The third-order valence-corrected chi connectivity index (χ3v) is 6.00. The van der Waals surface area contributed by atoms with E-state index in [-0.39, 0.29) is 11.5 Å². The lowest BCUT2D eigenvalue weighted by molar-refractivity contribution is -0.118. The summed E-state index contributed by atoms with van der Waals surface area (Å²) in [6.45, 7) is 6.21. The molecule has 0 saturated heterocycles. The van der Waals surface area contributed by atoms with Crippen LogP contribution in [0.5, 0.6) is 5.75 Å². The average molecular weight is 434 g/mol. The largest absolute Gasteiger partial charge is 0.494 e. The number of aromatic nitrogens is 2. The number of aryl methyl sites for hydroxylation is 1. The molecule has 2 aromatic heterocycles. The standard InChI is InChI=1S/C24H23N3O3S/c1-4-30-19-11-9-18(10-12-19)26-22(28)16(3)27-14-25-23-21(24(27)29)20(13-31-23)17-7-5-15(2)6-8-17/h5-14,16H,4H2,1-3H3,(H,26,28). The minimum Gasteiger partial charge on any atom is -0.494 e. The number of rotatable bonds is 6. The van der Waals surface area contributed by atoms with E-state index in [0.717, 1.165) is 22.4 Å². The van der Waals surface area contributed by atoms with E-state index in [2.05, 4.69) is 10.3 Å². The lowest BCUT2D eigenvalue weighted by Gasteiger charge is -2.15. The van der Waals surface area contributed by atoms with Crippen molar-refractivity contribution in [3.63, 3.8) is 0 Å². The van der Waals surface area contributed by atoms with Crippen molar-refractivity contribution in [1.82, 2.24) is 9.55 Å². The summed E-state index contributed by atoms with van der Waals surface area (Å²) in [6, 6.07) is 14.4. The number of carbonyl (C=O) groups is 1. The minimum atomic E-state index is -0.721. The average Bonchev–Trinajstić information content (AvgIpc) is 3.21. The van der Waals surface area contributed by atoms with Crippen LogP contribution in [0.25, 0.3) is 21.3 Å². The highest BCUT2D eigenvalue weighted by Crippen LogP contribution is 2.31. The zero-order valence-corrected chi connectivity index (χ0v) is 18.4. The minimum absolute atomic E-state index is 0.226. The second kappa shape index (κ2) is 8.73. The summed E-state index contributed by atoms with van der Waals surface area (Å²) in [6.07, 6.45) is 1.45. The number of benzene rings is 2. The number of nitrogens with one attached hydrogen (secondary N) is 1. The van der Waals surface area contributed by atoms with E-state index < -0.39 is 6.04 Å². The maximum atomic E-state index is 13.3. The Morgan fingerprint density at radius 2 is 1.87 bits per heavy atom. The van der Waals surface area contributed by atoms with E-state index in [1.165, 1.54) is 22.2 Å². The normalized spacial score (nSPS) is 12.0. The van der Waals surface area contributed by atoms with Crippen molar-refractivity contribution in [2.75, 3.05) is 11.9 Å². The molecule has 0 fully saturated rings. The van der Waals surface area contributed by atoms with E-state index in [0.29, 0.717) is 22.5 Å². The summed E-state index contributed by atoms with van der Waals surface area (Å²) in [5, 5.41) is 5.33. The van der Waals surface area contributed by atoms with E-state index >= 15 is 0 Å². The Labute approximate surface area is 184 Å². The van der Waals surface area contributed by atoms with Gasteiger partial charge in [0, 0.05) is 16.6 Å². The van der Waals surface area contributed by atoms with Gasteiger partial charge in [-0.15, -0.1) is 11.3 Å². The summed E-state index contributed by atoms with van der Waals surface area (Å²) < 4.78 is 6.81. The predicted molar refractivity (Wildman–Crippen MR) is 125 cm³/mol. The summed E-state index contributed by atoms with van der Waals surface area (Å²) in [4.78, 5) is 31.2. The first-order valence-electron chi connectivity index (χ1n) is 10.1. The zero-order valence-electron chi connectivity index (χ0n) is 17.6. The first-order valence-corrected chi connectivity index (χ1v) is 10.9. The predicted octanol–water partition coefficient (Wildman–Crippen LogP) is 5.03. The number of amides is 1. The molecule has 4 rings (SSSR count). The van der Waals surface area contributed by atoms with Crippen LogP contribution in [0.1, 0.15) is 25.5 Å². The van der Waals surface area contributed by atoms with Gasteiger partial charge in [0.2, 0.25) is 5.91 Å². The molecule has 1 N–H and O–H groups in total. The van der Waals surface area contributed by atoms with Gasteiger partial charge in [0.1, 0.15) is 16.6 Å². The maximum Gasteiger partial charge on any atom is 0.263 e. The molecule has 1 unspecified atom stereocenters. The second-order valence-electron chi connectivity index (χ2n) is 7.28. The van der Waals surface area contributed by atoms with Gasteiger partial charge in [-0.25, -0.2) is 4.98 Å². The topological polar surface area (TPSA) is 73.2 Å². The van der Waals surface area contributed by atoms with E-state index in [1.54, 1.807) is 31.2 Å². The van der Waals surface area contributed by atoms with Crippen molar-refractivity contribution in [2.45, 2.75) is 26.8 Å². The molecule has 0 aliphatic rings. The molecule has 0 radical (unpaired) electrons. The van der Waals surface area contributed by atoms with Crippen LogP contribution < -0.4 is 15.6 Å². The highest BCUT2D eigenvalue weighted by atomic mass is 32.1. The molecule has 2 aromatic carbocycles. The third-order valence-electron chi connectivity index (χ3n) is 5.11. The van der Waals surface area contributed by atoms with Gasteiger partial charge in [-0.3, -0.25) is 14.2 Å². The van der Waals surface area contributed by atoms with Crippen LogP contribution in [-0.4, -0.2) is 22.1 Å². The van der Waals surface area contributed by atoms with Gasteiger partial charge >= 0.3 is 0 Å². The van der Waals surface area contributed by atoms with Crippen LogP contribution in [0.4, 0.5) is 5.69 Å². The molecule has 4 aromatic rings. The first kappa shape index (κ1) is 20.8. The number of carbonyl (C=O) groups excluding carboxylic acids is 1. The van der Waals surface area contributed by atoms with Crippen molar-refractivity contribution in [3.8, 4) is 16.9 Å². The molecule has 1 atom stereocenters. The molecule has 2 heterocycles. The molecule has 0 aliphatic carbocycles. The lowest BCUT2D eigenvalue weighted by atomic mass is 10.0. The Bertz CT molecular complexity index is 1270. The fraction of sp³-hybridized carbons (Fsp3) is 0.208. The number of fused-ring (bicyclic) bond motifs is 1. The Hall–Kier alpha value is -3.45. The van der Waals surface area contributed by atoms with Gasteiger partial charge < -0.3 is 10.1 Å². The molecular formula is C24H23N3O3S. The van der Waals surface area contributed by atoms with Crippen LogP contribution in [0.15, 0.2) is 65.0 Å². The van der Waals surface area contributed by atoms with Crippen molar-refractivity contribution < 1.29 is 9.53 Å². The lowest BCUT2D eigenvalue weighted by Crippen LogP contribution is -2.31. The molecule has 6 nitrogen and oxygen atoms in total. The molecular weight excluding hydrogens is 410 g/mol. The van der Waals surface area contributed by atoms with E-state index in [9.17, 15) is 9.59 Å². The molecule has 0 bridgehead atoms. The van der Waals surface area contributed by atoms with Crippen molar-refractivity contribution in [3.05, 3.63) is 76.2 Å². The van der Waals surface area contributed by atoms with Crippen molar-refractivity contribution in [2.24, 2.45) is 0 Å². The van der Waals surface area contributed by atoms with Gasteiger partial charge in [0.15, 0.2) is 0 Å². The summed E-state index contributed by atoms with van der Waals surface area (Å²) in [7, 11) is 0. The van der Waals surface area contributed by atoms with E-state index in [4.69, 9.17) is 4.74 Å². The highest BCUT2D eigenvalue weighted by molar-refractivity contribution is 7.17. The number of thiophene rings is 1. The molecule has 31 heavy (non-hydrogen) atoms.